The Balaban J connectivity index is 3.24. The van der Waals surface area contributed by atoms with Gasteiger partial charge >= 0.3 is 11.9 Å². The molecule has 0 aliphatic carbocycles. The summed E-state index contributed by atoms with van der Waals surface area (Å²) in [6, 6.07) is 0. The van der Waals surface area contributed by atoms with Gasteiger partial charge < -0.3 is 9.84 Å². The van der Waals surface area contributed by atoms with Crippen LogP contribution in [0, 0.1) is 6.92 Å². The third-order valence-electron chi connectivity index (χ3n) is 2.36. The summed E-state index contributed by atoms with van der Waals surface area (Å²) in [7, 11) is -1.72. The van der Waals surface area contributed by atoms with E-state index in [0.29, 0.717) is 5.56 Å². The van der Waals surface area contributed by atoms with Crippen LogP contribution in [0.3, 0.4) is 0 Å². The van der Waals surface area contributed by atoms with Crippen molar-refractivity contribution in [3.63, 3.8) is 0 Å². The smallest absolute Gasteiger partial charge is 0.347 e. The maximum absolute atomic E-state index is 12.3. The second-order valence-electron chi connectivity index (χ2n) is 3.72. The molecule has 9 heteroatoms. The monoisotopic (exact) mass is 307 g/mol. The number of hydrogen-bond donors (Lipinski definition) is 1. The molecule has 106 valence electrons. The highest BCUT2D eigenvalue weighted by atomic mass is 32.2. The Morgan fingerprint density at radius 3 is 2.53 bits per heavy atom. The van der Waals surface area contributed by atoms with Crippen LogP contribution in [0.4, 0.5) is 0 Å². The topological polar surface area (TPSA) is 101 Å². The first-order chi connectivity index (χ1) is 8.71. The van der Waals surface area contributed by atoms with E-state index in [0.717, 1.165) is 22.8 Å². The molecule has 0 aromatic carbocycles. The summed E-state index contributed by atoms with van der Waals surface area (Å²) in [4.78, 5) is 21.6. The molecule has 0 spiro atoms. The van der Waals surface area contributed by atoms with E-state index in [1.54, 1.807) is 0 Å². The van der Waals surface area contributed by atoms with Crippen molar-refractivity contribution in [1.29, 1.82) is 0 Å². The van der Waals surface area contributed by atoms with Crippen molar-refractivity contribution in [2.75, 3.05) is 20.7 Å². The molecular weight excluding hydrogens is 294 g/mol. The fraction of sp³-hybridized carbons (Fsp3) is 0.400. The lowest BCUT2D eigenvalue weighted by molar-refractivity contribution is -0.140. The average molecular weight is 307 g/mol. The Morgan fingerprint density at radius 2 is 2.05 bits per heavy atom. The number of hydrogen-bond acceptors (Lipinski definition) is 6. The van der Waals surface area contributed by atoms with E-state index in [9.17, 15) is 18.0 Å². The summed E-state index contributed by atoms with van der Waals surface area (Å²) in [5.41, 5.74) is 0.333. The molecule has 0 unspecified atom stereocenters. The second-order valence-corrected chi connectivity index (χ2v) is 6.58. The zero-order valence-electron chi connectivity index (χ0n) is 10.5. The molecule has 1 aromatic rings. The predicted octanol–water partition coefficient (Wildman–Crippen LogP) is 0.548. The van der Waals surface area contributed by atoms with E-state index in [1.807, 2.05) is 0 Å². The largest absolute Gasteiger partial charge is 0.477 e. The van der Waals surface area contributed by atoms with Gasteiger partial charge in [0.25, 0.3) is 0 Å². The van der Waals surface area contributed by atoms with E-state index in [1.165, 1.54) is 19.4 Å². The average Bonchev–Trinajstić information content (AvgIpc) is 2.71. The molecule has 0 saturated carbocycles. The van der Waals surface area contributed by atoms with Crippen LogP contribution in [0.2, 0.25) is 0 Å². The molecule has 0 aliphatic heterocycles. The van der Waals surface area contributed by atoms with E-state index in [2.05, 4.69) is 4.74 Å². The van der Waals surface area contributed by atoms with Gasteiger partial charge in [-0.3, -0.25) is 4.79 Å². The fourth-order valence-corrected chi connectivity index (χ4v) is 4.08. The van der Waals surface area contributed by atoms with Gasteiger partial charge in [-0.05, 0) is 17.9 Å². The minimum Gasteiger partial charge on any atom is -0.477 e. The molecule has 1 N–H and O–H groups in total. The predicted molar refractivity (Wildman–Crippen MR) is 67.8 cm³/mol. The van der Waals surface area contributed by atoms with Gasteiger partial charge in [0.1, 0.15) is 16.3 Å². The van der Waals surface area contributed by atoms with E-state index in [-0.39, 0.29) is 9.77 Å². The number of carboxylic acid groups (broad SMARTS) is 1. The Labute approximate surface area is 114 Å². The molecule has 19 heavy (non-hydrogen) atoms. The lowest BCUT2D eigenvalue weighted by Crippen LogP contribution is -2.33. The van der Waals surface area contributed by atoms with Gasteiger partial charge in [0.2, 0.25) is 10.0 Å². The molecule has 0 radical (unpaired) electrons. The van der Waals surface area contributed by atoms with Crippen molar-refractivity contribution in [2.24, 2.45) is 0 Å². The number of aromatic carboxylic acids is 1. The number of carbonyl (C=O) groups excluding carboxylic acids is 1. The lowest BCUT2D eigenvalue weighted by atomic mass is 10.3. The SMILES string of the molecule is COC(=O)CN(C)S(=O)(=O)c1c(C)csc1C(=O)O. The van der Waals surface area contributed by atoms with Crippen molar-refractivity contribution < 1.29 is 27.9 Å². The summed E-state index contributed by atoms with van der Waals surface area (Å²) >= 11 is 0.832. The van der Waals surface area contributed by atoms with Crippen LogP contribution in [0.25, 0.3) is 0 Å². The summed E-state index contributed by atoms with van der Waals surface area (Å²) in [6.45, 7) is 1.02. The Kier molecular flexibility index (Phi) is 4.66. The van der Waals surface area contributed by atoms with Crippen molar-refractivity contribution in [3.05, 3.63) is 15.8 Å². The number of thiophene rings is 1. The summed E-state index contributed by atoms with van der Waals surface area (Å²) in [5, 5.41) is 10.4. The molecule has 0 bridgehead atoms. The number of nitrogens with zero attached hydrogens (tertiary/aromatic N) is 1. The molecule has 0 saturated heterocycles. The van der Waals surface area contributed by atoms with Crippen LogP contribution in [-0.4, -0.2) is 50.5 Å². The third kappa shape index (κ3) is 3.11. The summed E-state index contributed by atoms with van der Waals surface area (Å²) in [6.07, 6.45) is 0. The molecule has 1 aromatic heterocycles. The molecule has 0 atom stereocenters. The summed E-state index contributed by atoms with van der Waals surface area (Å²) < 4.78 is 29.7. The Bertz CT molecular complexity index is 604. The normalized spacial score (nSPS) is 11.6. The molecule has 1 heterocycles. The molecule has 0 amide bonds. The van der Waals surface area contributed by atoms with Crippen LogP contribution in [0.15, 0.2) is 10.3 Å². The van der Waals surface area contributed by atoms with Crippen LogP contribution in [-0.2, 0) is 19.6 Å². The molecule has 0 aliphatic rings. The maximum Gasteiger partial charge on any atom is 0.347 e. The first-order valence-electron chi connectivity index (χ1n) is 5.06. The van der Waals surface area contributed by atoms with Gasteiger partial charge in [-0.25, -0.2) is 13.2 Å². The summed E-state index contributed by atoms with van der Waals surface area (Å²) in [5.74, 6) is -2.04. The fourth-order valence-electron chi connectivity index (χ4n) is 1.39. The molecule has 0 fully saturated rings. The highest BCUT2D eigenvalue weighted by Crippen LogP contribution is 2.28. The van der Waals surface area contributed by atoms with E-state index in [4.69, 9.17) is 5.11 Å². The van der Waals surface area contributed by atoms with E-state index >= 15 is 0 Å². The van der Waals surface area contributed by atoms with Crippen LogP contribution in [0.1, 0.15) is 15.2 Å². The zero-order chi connectivity index (χ0) is 14.8. The second kappa shape index (κ2) is 5.68. The van der Waals surface area contributed by atoms with Gasteiger partial charge in [0.15, 0.2) is 0 Å². The number of rotatable bonds is 5. The first kappa shape index (κ1) is 15.6. The number of aryl methyl sites for hydroxylation is 1. The standard InChI is InChI=1S/C10H13NO6S2/c1-6-5-18-8(10(13)14)9(6)19(15,16)11(2)4-7(12)17-3/h5H,4H2,1-3H3,(H,13,14). The van der Waals surface area contributed by atoms with Crippen molar-refractivity contribution in [3.8, 4) is 0 Å². The first-order valence-corrected chi connectivity index (χ1v) is 7.38. The number of likely N-dealkylation sites (N-methyl/N-ethyl adjacent to an activating group) is 1. The maximum atomic E-state index is 12.3. The highest BCUT2D eigenvalue weighted by Gasteiger charge is 2.31. The number of sulfonamides is 1. The van der Waals surface area contributed by atoms with Crippen LogP contribution < -0.4 is 0 Å². The number of carbonyl (C=O) groups is 2. The van der Waals surface area contributed by atoms with Gasteiger partial charge in [-0.1, -0.05) is 0 Å². The Hall–Kier alpha value is -1.45. The van der Waals surface area contributed by atoms with Gasteiger partial charge in [0.05, 0.1) is 7.11 Å². The van der Waals surface area contributed by atoms with E-state index < -0.39 is 28.5 Å². The zero-order valence-corrected chi connectivity index (χ0v) is 12.2. The molecular formula is C10H13NO6S2. The number of methoxy groups -OCH3 is 1. The van der Waals surface area contributed by atoms with Crippen LogP contribution in [0.5, 0.6) is 0 Å². The Morgan fingerprint density at radius 1 is 1.47 bits per heavy atom. The minimum absolute atomic E-state index is 0.269. The van der Waals surface area contributed by atoms with Crippen molar-refractivity contribution >= 4 is 33.3 Å². The number of ether oxygens (including phenoxy) is 1. The van der Waals surface area contributed by atoms with Crippen molar-refractivity contribution in [1.82, 2.24) is 4.31 Å². The third-order valence-corrected chi connectivity index (χ3v) is 5.57. The number of carboxylic acids is 1. The van der Waals surface area contributed by atoms with Gasteiger partial charge in [0, 0.05) is 7.05 Å². The quantitative estimate of drug-likeness (QED) is 0.797. The molecule has 7 nitrogen and oxygen atoms in total. The number of esters is 1. The lowest BCUT2D eigenvalue weighted by Gasteiger charge is -2.16. The van der Waals surface area contributed by atoms with Crippen molar-refractivity contribution in [2.45, 2.75) is 11.8 Å². The van der Waals surface area contributed by atoms with Crippen LogP contribution >= 0.6 is 11.3 Å². The molecule has 1 rings (SSSR count). The minimum atomic E-state index is -4.05. The van der Waals surface area contributed by atoms with Gasteiger partial charge in [-0.2, -0.15) is 4.31 Å². The van der Waals surface area contributed by atoms with Gasteiger partial charge in [-0.15, -0.1) is 11.3 Å². The highest BCUT2D eigenvalue weighted by molar-refractivity contribution is 7.89.